The topological polar surface area (TPSA) is 46.3 Å². The molecule has 0 radical (unpaired) electrons. The first-order valence-corrected chi connectivity index (χ1v) is 6.27. The average Bonchev–Trinajstić information content (AvgIpc) is 3.12. The molecule has 1 aromatic rings. The molecule has 0 aromatic heterocycles. The lowest BCUT2D eigenvalue weighted by atomic mass is 10.0. The number of nitrogens with two attached hydrogens (primary N) is 1. The maximum absolute atomic E-state index is 12.4. The number of hydrogen-bond acceptors (Lipinski definition) is 2. The predicted octanol–water partition coefficient (Wildman–Crippen LogP) is 1.70. The lowest BCUT2D eigenvalue weighted by molar-refractivity contribution is -0.133. The Labute approximate surface area is 102 Å². The summed E-state index contributed by atoms with van der Waals surface area (Å²) in [5, 5.41) is 0. The average molecular weight is 230 g/mol. The molecule has 1 aliphatic carbocycles. The second-order valence-corrected chi connectivity index (χ2v) is 5.31. The van der Waals surface area contributed by atoms with E-state index in [1.165, 1.54) is 5.56 Å². The Morgan fingerprint density at radius 2 is 2.00 bits per heavy atom. The van der Waals surface area contributed by atoms with Crippen LogP contribution in [0.4, 0.5) is 0 Å². The van der Waals surface area contributed by atoms with Crippen LogP contribution in [0.1, 0.15) is 31.4 Å². The molecule has 3 rings (SSSR count). The minimum Gasteiger partial charge on any atom is -0.334 e. The number of carbonyl (C=O) groups is 1. The molecule has 17 heavy (non-hydrogen) atoms. The summed E-state index contributed by atoms with van der Waals surface area (Å²) in [4.78, 5) is 14.3. The first-order valence-electron chi connectivity index (χ1n) is 6.27. The molecule has 2 N–H and O–H groups in total. The number of hydrogen-bond donors (Lipinski definition) is 1. The molecule has 3 heteroatoms. The first-order chi connectivity index (χ1) is 8.15. The van der Waals surface area contributed by atoms with Crippen LogP contribution in [-0.4, -0.2) is 23.4 Å². The number of amides is 1. The summed E-state index contributed by atoms with van der Waals surface area (Å²) in [6.07, 6.45) is 1.95. The van der Waals surface area contributed by atoms with Gasteiger partial charge in [-0.2, -0.15) is 0 Å². The minimum absolute atomic E-state index is 0.0289. The third kappa shape index (κ3) is 1.49. The van der Waals surface area contributed by atoms with Crippen molar-refractivity contribution in [3.63, 3.8) is 0 Å². The van der Waals surface area contributed by atoms with E-state index < -0.39 is 0 Å². The van der Waals surface area contributed by atoms with Gasteiger partial charge in [-0.15, -0.1) is 0 Å². The van der Waals surface area contributed by atoms with Crippen molar-refractivity contribution >= 4 is 5.91 Å². The minimum atomic E-state index is -0.191. The Kier molecular flexibility index (Phi) is 2.26. The highest BCUT2D eigenvalue weighted by molar-refractivity contribution is 5.89. The van der Waals surface area contributed by atoms with Gasteiger partial charge < -0.3 is 10.6 Å². The predicted molar refractivity (Wildman–Crippen MR) is 66.2 cm³/mol. The Bertz CT molecular complexity index is 439. The van der Waals surface area contributed by atoms with Crippen LogP contribution in [0.3, 0.4) is 0 Å². The van der Waals surface area contributed by atoms with Crippen LogP contribution in [0, 0.1) is 5.41 Å². The highest BCUT2D eigenvalue weighted by atomic mass is 16.2. The summed E-state index contributed by atoms with van der Waals surface area (Å²) in [7, 11) is 0. The van der Waals surface area contributed by atoms with Gasteiger partial charge in [-0.05, 0) is 25.3 Å². The van der Waals surface area contributed by atoms with Crippen molar-refractivity contribution in [2.45, 2.75) is 31.8 Å². The zero-order valence-corrected chi connectivity index (χ0v) is 10.1. The molecule has 2 unspecified atom stereocenters. The third-order valence-corrected chi connectivity index (χ3v) is 4.33. The monoisotopic (exact) mass is 230 g/mol. The summed E-state index contributed by atoms with van der Waals surface area (Å²) >= 11 is 0. The number of rotatable bonds is 2. The smallest absolute Gasteiger partial charge is 0.230 e. The molecule has 1 amide bonds. The van der Waals surface area contributed by atoms with Gasteiger partial charge in [0, 0.05) is 12.6 Å². The standard InChI is InChI=1S/C14H18N2O/c1-10(11-5-3-2-4-6-11)16-9-12(15)14(7-8-14)13(16)17/h2-6,10,12H,7-9,15H2,1H3. The van der Waals surface area contributed by atoms with Gasteiger partial charge in [0.2, 0.25) is 5.91 Å². The third-order valence-electron chi connectivity index (χ3n) is 4.33. The summed E-state index contributed by atoms with van der Waals surface area (Å²) < 4.78 is 0. The fourth-order valence-electron chi connectivity index (χ4n) is 2.88. The highest BCUT2D eigenvalue weighted by Gasteiger charge is 2.61. The zero-order valence-electron chi connectivity index (χ0n) is 10.1. The summed E-state index contributed by atoms with van der Waals surface area (Å²) in [5.74, 6) is 0.265. The lowest BCUT2D eigenvalue weighted by Gasteiger charge is -2.25. The normalized spacial score (nSPS) is 27.5. The van der Waals surface area contributed by atoms with E-state index in [1.54, 1.807) is 0 Å². The maximum Gasteiger partial charge on any atom is 0.230 e. The second-order valence-electron chi connectivity index (χ2n) is 5.31. The van der Waals surface area contributed by atoms with E-state index in [4.69, 9.17) is 5.73 Å². The van der Waals surface area contributed by atoms with Gasteiger partial charge in [-0.1, -0.05) is 30.3 Å². The van der Waals surface area contributed by atoms with Gasteiger partial charge in [0.1, 0.15) is 0 Å². The quantitative estimate of drug-likeness (QED) is 0.840. The molecule has 1 saturated heterocycles. The Morgan fingerprint density at radius 3 is 2.53 bits per heavy atom. The van der Waals surface area contributed by atoms with Crippen LogP contribution in [0.15, 0.2) is 30.3 Å². The van der Waals surface area contributed by atoms with Gasteiger partial charge in [0.05, 0.1) is 11.5 Å². The Hall–Kier alpha value is -1.35. The SMILES string of the molecule is CC(c1ccccc1)N1CC(N)C2(CC2)C1=O. The van der Waals surface area contributed by atoms with Crippen molar-refractivity contribution in [2.24, 2.45) is 11.1 Å². The van der Waals surface area contributed by atoms with Crippen LogP contribution in [0.2, 0.25) is 0 Å². The maximum atomic E-state index is 12.4. The lowest BCUT2D eigenvalue weighted by Crippen LogP contribution is -2.31. The van der Waals surface area contributed by atoms with Gasteiger partial charge in [-0.25, -0.2) is 0 Å². The first kappa shape index (κ1) is 10.8. The second kappa shape index (κ2) is 3.57. The summed E-state index contributed by atoms with van der Waals surface area (Å²) in [6.45, 7) is 2.79. The van der Waals surface area contributed by atoms with Crippen LogP contribution >= 0.6 is 0 Å². The van der Waals surface area contributed by atoms with E-state index in [0.29, 0.717) is 6.54 Å². The van der Waals surface area contributed by atoms with E-state index >= 15 is 0 Å². The molecule has 90 valence electrons. The molecule has 2 aliphatic rings. The molecule has 1 saturated carbocycles. The fraction of sp³-hybridized carbons (Fsp3) is 0.500. The van der Waals surface area contributed by atoms with E-state index in [-0.39, 0.29) is 23.4 Å². The summed E-state index contributed by atoms with van der Waals surface area (Å²) in [6, 6.07) is 10.3. The van der Waals surface area contributed by atoms with Crippen molar-refractivity contribution in [1.29, 1.82) is 0 Å². The largest absolute Gasteiger partial charge is 0.334 e. The van der Waals surface area contributed by atoms with Crippen LogP contribution in [0.25, 0.3) is 0 Å². The molecule has 3 nitrogen and oxygen atoms in total. The molecule has 1 aliphatic heterocycles. The van der Waals surface area contributed by atoms with Crippen molar-refractivity contribution in [2.75, 3.05) is 6.54 Å². The summed E-state index contributed by atoms with van der Waals surface area (Å²) in [5.41, 5.74) is 7.10. The fourth-order valence-corrected chi connectivity index (χ4v) is 2.88. The molecule has 2 atom stereocenters. The number of benzene rings is 1. The molecule has 2 fully saturated rings. The molecular formula is C14H18N2O. The Morgan fingerprint density at radius 1 is 1.35 bits per heavy atom. The molecule has 1 spiro atoms. The van der Waals surface area contributed by atoms with Crippen molar-refractivity contribution in [3.05, 3.63) is 35.9 Å². The molecule has 1 aromatic carbocycles. The highest BCUT2D eigenvalue weighted by Crippen LogP contribution is 2.54. The van der Waals surface area contributed by atoms with Crippen molar-refractivity contribution in [1.82, 2.24) is 4.90 Å². The number of carbonyl (C=O) groups excluding carboxylic acids is 1. The van der Waals surface area contributed by atoms with Crippen LogP contribution < -0.4 is 5.73 Å². The number of nitrogens with zero attached hydrogens (tertiary/aromatic N) is 1. The van der Waals surface area contributed by atoms with Gasteiger partial charge in [0.15, 0.2) is 0 Å². The van der Waals surface area contributed by atoms with E-state index in [1.807, 2.05) is 23.1 Å². The van der Waals surface area contributed by atoms with E-state index in [9.17, 15) is 4.79 Å². The molecular weight excluding hydrogens is 212 g/mol. The van der Waals surface area contributed by atoms with Gasteiger partial charge >= 0.3 is 0 Å². The number of likely N-dealkylation sites (tertiary alicyclic amines) is 1. The Balaban J connectivity index is 1.84. The van der Waals surface area contributed by atoms with Crippen LogP contribution in [0.5, 0.6) is 0 Å². The van der Waals surface area contributed by atoms with Crippen LogP contribution in [-0.2, 0) is 4.79 Å². The van der Waals surface area contributed by atoms with Gasteiger partial charge in [0.25, 0.3) is 0 Å². The van der Waals surface area contributed by atoms with E-state index in [2.05, 4.69) is 19.1 Å². The van der Waals surface area contributed by atoms with Crippen molar-refractivity contribution < 1.29 is 4.79 Å². The molecule has 1 heterocycles. The van der Waals surface area contributed by atoms with Crippen molar-refractivity contribution in [3.8, 4) is 0 Å². The molecule has 0 bridgehead atoms. The van der Waals surface area contributed by atoms with E-state index in [0.717, 1.165) is 12.8 Å². The zero-order chi connectivity index (χ0) is 12.0. The van der Waals surface area contributed by atoms with Gasteiger partial charge in [-0.3, -0.25) is 4.79 Å².